The number of hydrogen-bond donors (Lipinski definition) is 2. The fraction of sp³-hybridized carbons (Fsp3) is 0.500. The molecule has 1 saturated heterocycles. The lowest BCUT2D eigenvalue weighted by atomic mass is 10.1. The van der Waals surface area contributed by atoms with Crippen LogP contribution in [-0.4, -0.2) is 51.4 Å². The van der Waals surface area contributed by atoms with Gasteiger partial charge in [-0.3, -0.25) is 9.59 Å². The van der Waals surface area contributed by atoms with E-state index in [0.29, 0.717) is 37.4 Å². The highest BCUT2D eigenvalue weighted by Gasteiger charge is 2.26. The van der Waals surface area contributed by atoms with Gasteiger partial charge in [-0.25, -0.2) is 13.1 Å². The van der Waals surface area contributed by atoms with Crippen LogP contribution in [-0.2, 0) is 19.6 Å². The van der Waals surface area contributed by atoms with Gasteiger partial charge >= 0.3 is 0 Å². The van der Waals surface area contributed by atoms with Crippen molar-refractivity contribution in [3.05, 3.63) is 18.2 Å². The van der Waals surface area contributed by atoms with E-state index in [2.05, 4.69) is 10.0 Å². The van der Waals surface area contributed by atoms with Gasteiger partial charge in [0.25, 0.3) is 0 Å². The number of piperidine rings is 1. The zero-order chi connectivity index (χ0) is 18.6. The Hall–Kier alpha value is -2.13. The number of amides is 2. The van der Waals surface area contributed by atoms with Crippen LogP contribution in [0.5, 0.6) is 5.75 Å². The second kappa shape index (κ2) is 7.83. The van der Waals surface area contributed by atoms with Crippen molar-refractivity contribution in [3.63, 3.8) is 0 Å². The fourth-order valence-electron chi connectivity index (χ4n) is 2.74. The quantitative estimate of drug-likeness (QED) is 0.804. The summed E-state index contributed by atoms with van der Waals surface area (Å²) in [4.78, 5) is 24.4. The molecule has 2 N–H and O–H groups in total. The summed E-state index contributed by atoms with van der Waals surface area (Å²) < 4.78 is 33.0. The highest BCUT2D eigenvalue weighted by molar-refractivity contribution is 7.89. The van der Waals surface area contributed by atoms with E-state index in [1.807, 2.05) is 0 Å². The zero-order valence-corrected chi connectivity index (χ0v) is 15.4. The zero-order valence-electron chi connectivity index (χ0n) is 14.5. The van der Waals surface area contributed by atoms with Crippen LogP contribution in [0.1, 0.15) is 26.7 Å². The molecule has 1 aromatic rings. The van der Waals surface area contributed by atoms with Crippen molar-refractivity contribution in [3.8, 4) is 5.75 Å². The van der Waals surface area contributed by atoms with Gasteiger partial charge in [0.2, 0.25) is 21.8 Å². The molecule has 25 heavy (non-hydrogen) atoms. The molecule has 0 bridgehead atoms. The number of rotatable bonds is 5. The predicted octanol–water partition coefficient (Wildman–Crippen LogP) is 0.943. The van der Waals surface area contributed by atoms with Crippen molar-refractivity contribution < 1.29 is 22.7 Å². The Kier molecular flexibility index (Phi) is 6.02. The molecule has 0 spiro atoms. The van der Waals surface area contributed by atoms with Gasteiger partial charge < -0.3 is 15.0 Å². The molecule has 9 heteroatoms. The molecule has 0 saturated carbocycles. The Morgan fingerprint density at radius 1 is 1.20 bits per heavy atom. The first kappa shape index (κ1) is 19.2. The second-order valence-corrected chi connectivity index (χ2v) is 7.66. The molecule has 1 aliphatic rings. The molecule has 0 aliphatic carbocycles. The Labute approximate surface area is 147 Å². The highest BCUT2D eigenvalue weighted by Crippen LogP contribution is 2.28. The van der Waals surface area contributed by atoms with Crippen molar-refractivity contribution in [2.45, 2.75) is 37.6 Å². The Morgan fingerprint density at radius 3 is 2.36 bits per heavy atom. The molecule has 1 heterocycles. The number of nitrogens with one attached hydrogen (secondary N) is 2. The second-order valence-electron chi connectivity index (χ2n) is 5.94. The largest absolute Gasteiger partial charge is 0.495 e. The summed E-state index contributed by atoms with van der Waals surface area (Å²) in [6.07, 6.45) is 1.13. The van der Waals surface area contributed by atoms with Gasteiger partial charge in [-0.05, 0) is 31.0 Å². The first-order valence-electron chi connectivity index (χ1n) is 7.96. The van der Waals surface area contributed by atoms with Crippen LogP contribution in [0.2, 0.25) is 0 Å². The van der Waals surface area contributed by atoms with Crippen molar-refractivity contribution in [2.75, 3.05) is 25.5 Å². The van der Waals surface area contributed by atoms with E-state index in [-0.39, 0.29) is 22.8 Å². The number of benzene rings is 1. The summed E-state index contributed by atoms with van der Waals surface area (Å²) in [6, 6.07) is 4.06. The number of carbonyl (C=O) groups excluding carboxylic acids is 2. The summed E-state index contributed by atoms with van der Waals surface area (Å²) >= 11 is 0. The summed E-state index contributed by atoms with van der Waals surface area (Å²) in [7, 11) is -2.30. The maximum Gasteiger partial charge on any atom is 0.240 e. The van der Waals surface area contributed by atoms with Gasteiger partial charge in [0.05, 0.1) is 17.7 Å². The summed E-state index contributed by atoms with van der Waals surface area (Å²) in [5.74, 6) is 0.0535. The number of likely N-dealkylation sites (tertiary alicyclic amines) is 1. The lowest BCUT2D eigenvalue weighted by molar-refractivity contribution is -0.129. The molecule has 2 rings (SSSR count). The number of nitrogens with zero attached hydrogens (tertiary/aromatic N) is 1. The Bertz CT molecular complexity index is 755. The molecular weight excluding hydrogens is 346 g/mol. The average Bonchev–Trinajstić information content (AvgIpc) is 2.54. The maximum atomic E-state index is 12.6. The maximum absolute atomic E-state index is 12.6. The Morgan fingerprint density at radius 2 is 1.84 bits per heavy atom. The minimum absolute atomic E-state index is 0.00332. The first-order valence-corrected chi connectivity index (χ1v) is 9.44. The van der Waals surface area contributed by atoms with Gasteiger partial charge in [0.1, 0.15) is 5.75 Å². The third-order valence-corrected chi connectivity index (χ3v) is 5.57. The molecule has 138 valence electrons. The van der Waals surface area contributed by atoms with Gasteiger partial charge in [-0.1, -0.05) is 0 Å². The molecule has 1 fully saturated rings. The third kappa shape index (κ3) is 4.93. The lowest BCUT2D eigenvalue weighted by Gasteiger charge is -2.31. The number of ether oxygens (including phenoxy) is 1. The molecule has 0 unspecified atom stereocenters. The van der Waals surface area contributed by atoms with E-state index in [4.69, 9.17) is 4.74 Å². The van der Waals surface area contributed by atoms with E-state index in [0.717, 1.165) is 0 Å². The smallest absolute Gasteiger partial charge is 0.240 e. The van der Waals surface area contributed by atoms with Crippen LogP contribution >= 0.6 is 0 Å². The number of sulfonamides is 1. The van der Waals surface area contributed by atoms with E-state index in [9.17, 15) is 18.0 Å². The molecule has 0 radical (unpaired) electrons. The molecule has 2 amide bonds. The minimum atomic E-state index is -3.74. The van der Waals surface area contributed by atoms with Crippen LogP contribution in [0.3, 0.4) is 0 Å². The van der Waals surface area contributed by atoms with E-state index in [1.165, 1.54) is 39.2 Å². The van der Waals surface area contributed by atoms with Crippen LogP contribution in [0, 0.1) is 0 Å². The van der Waals surface area contributed by atoms with Gasteiger partial charge in [0.15, 0.2) is 0 Å². The predicted molar refractivity (Wildman–Crippen MR) is 92.9 cm³/mol. The van der Waals surface area contributed by atoms with Crippen molar-refractivity contribution in [1.82, 2.24) is 9.62 Å². The molecule has 8 nitrogen and oxygen atoms in total. The molecule has 1 aliphatic heterocycles. The minimum Gasteiger partial charge on any atom is -0.495 e. The SMILES string of the molecule is COc1ccc(S(=O)(=O)NC2CCN(C(C)=O)CC2)cc1NC(C)=O. The number of hydrogen-bond acceptors (Lipinski definition) is 5. The van der Waals surface area contributed by atoms with E-state index < -0.39 is 10.0 Å². The standard InChI is InChI=1S/C16H23N3O5S/c1-11(20)17-15-10-14(4-5-16(15)24-3)25(22,23)18-13-6-8-19(9-7-13)12(2)21/h4-5,10,13,18H,6-9H2,1-3H3,(H,17,20). The lowest BCUT2D eigenvalue weighted by Crippen LogP contribution is -2.45. The number of methoxy groups -OCH3 is 1. The van der Waals surface area contributed by atoms with Gasteiger partial charge in [-0.2, -0.15) is 0 Å². The number of anilines is 1. The Balaban J connectivity index is 2.14. The molecular formula is C16H23N3O5S. The van der Waals surface area contributed by atoms with Crippen molar-refractivity contribution in [1.29, 1.82) is 0 Å². The van der Waals surface area contributed by atoms with E-state index in [1.54, 1.807) is 4.90 Å². The van der Waals surface area contributed by atoms with Crippen molar-refractivity contribution >= 4 is 27.5 Å². The van der Waals surface area contributed by atoms with E-state index >= 15 is 0 Å². The average molecular weight is 369 g/mol. The fourth-order valence-corrected chi connectivity index (χ4v) is 4.07. The highest BCUT2D eigenvalue weighted by atomic mass is 32.2. The molecule has 1 aromatic carbocycles. The normalized spacial score (nSPS) is 15.7. The van der Waals surface area contributed by atoms with Crippen LogP contribution in [0.15, 0.2) is 23.1 Å². The third-order valence-electron chi connectivity index (χ3n) is 4.05. The first-order chi connectivity index (χ1) is 11.7. The van der Waals surface area contributed by atoms with Crippen LogP contribution < -0.4 is 14.8 Å². The summed E-state index contributed by atoms with van der Waals surface area (Å²) in [6.45, 7) is 3.90. The monoisotopic (exact) mass is 369 g/mol. The van der Waals surface area contributed by atoms with Gasteiger partial charge in [0, 0.05) is 33.0 Å². The molecule has 0 atom stereocenters. The summed E-state index contributed by atoms with van der Waals surface area (Å²) in [5.41, 5.74) is 0.296. The van der Waals surface area contributed by atoms with Crippen LogP contribution in [0.25, 0.3) is 0 Å². The topological polar surface area (TPSA) is 105 Å². The van der Waals surface area contributed by atoms with Gasteiger partial charge in [-0.15, -0.1) is 0 Å². The summed E-state index contributed by atoms with van der Waals surface area (Å²) in [5, 5.41) is 2.56. The number of carbonyl (C=O) groups is 2. The molecule has 0 aromatic heterocycles. The van der Waals surface area contributed by atoms with Crippen LogP contribution in [0.4, 0.5) is 5.69 Å². The van der Waals surface area contributed by atoms with Crippen molar-refractivity contribution in [2.24, 2.45) is 0 Å².